The molecule has 0 aliphatic heterocycles. The van der Waals surface area contributed by atoms with Crippen molar-refractivity contribution in [1.29, 1.82) is 0 Å². The predicted molar refractivity (Wildman–Crippen MR) is 59.9 cm³/mol. The highest BCUT2D eigenvalue weighted by atomic mass is 35.5. The van der Waals surface area contributed by atoms with Gasteiger partial charge in [0.15, 0.2) is 11.6 Å². The van der Waals surface area contributed by atoms with Gasteiger partial charge in [-0.15, -0.1) is 0 Å². The fraction of sp³-hybridized carbons (Fsp3) is 0.455. The van der Waals surface area contributed by atoms with E-state index in [4.69, 9.17) is 22.1 Å². The smallest absolute Gasteiger partial charge is 0.183 e. The number of methoxy groups -OCH3 is 1. The highest BCUT2D eigenvalue weighted by molar-refractivity contribution is 6.31. The molecular weight excluding hydrogens is 217 g/mol. The van der Waals surface area contributed by atoms with E-state index in [1.165, 1.54) is 7.11 Å². The molecule has 0 spiro atoms. The first-order valence-corrected chi connectivity index (χ1v) is 5.02. The molecule has 0 bridgehead atoms. The highest BCUT2D eigenvalue weighted by Gasteiger charge is 2.15. The fourth-order valence-electron chi connectivity index (χ4n) is 1.39. The van der Waals surface area contributed by atoms with Crippen LogP contribution in [0.1, 0.15) is 19.4 Å². The number of benzene rings is 1. The summed E-state index contributed by atoms with van der Waals surface area (Å²) in [6.07, 6.45) is 0.614. The topological polar surface area (TPSA) is 35.2 Å². The summed E-state index contributed by atoms with van der Waals surface area (Å²) < 4.78 is 18.2. The van der Waals surface area contributed by atoms with Crippen molar-refractivity contribution in [3.05, 3.63) is 28.5 Å². The summed E-state index contributed by atoms with van der Waals surface area (Å²) in [7, 11) is 1.41. The minimum atomic E-state index is -0.530. The molecule has 0 radical (unpaired) electrons. The summed E-state index contributed by atoms with van der Waals surface area (Å²) in [6.45, 7) is 3.80. The molecule has 0 atom stereocenters. The summed E-state index contributed by atoms with van der Waals surface area (Å²) in [5.74, 6) is -0.375. The van der Waals surface area contributed by atoms with Crippen LogP contribution in [0.15, 0.2) is 12.1 Å². The van der Waals surface area contributed by atoms with Crippen LogP contribution in [0.25, 0.3) is 0 Å². The molecule has 0 heterocycles. The van der Waals surface area contributed by atoms with Crippen LogP contribution in [-0.2, 0) is 6.42 Å². The van der Waals surface area contributed by atoms with Gasteiger partial charge in [0.2, 0.25) is 0 Å². The third-order valence-electron chi connectivity index (χ3n) is 1.93. The van der Waals surface area contributed by atoms with Gasteiger partial charge in [0.25, 0.3) is 0 Å². The Labute approximate surface area is 94.2 Å². The zero-order valence-corrected chi connectivity index (χ0v) is 9.86. The Hall–Kier alpha value is -0.800. The Balaban J connectivity index is 3.06. The molecule has 0 fully saturated rings. The van der Waals surface area contributed by atoms with Gasteiger partial charge in [-0.05, 0) is 38.0 Å². The van der Waals surface area contributed by atoms with E-state index in [-0.39, 0.29) is 16.3 Å². The van der Waals surface area contributed by atoms with E-state index in [0.29, 0.717) is 6.42 Å². The Kier molecular flexibility index (Phi) is 3.58. The average molecular weight is 232 g/mol. The molecule has 1 rings (SSSR count). The molecule has 0 aliphatic carbocycles. The fourth-order valence-corrected chi connectivity index (χ4v) is 1.63. The van der Waals surface area contributed by atoms with Gasteiger partial charge in [-0.2, -0.15) is 0 Å². The van der Waals surface area contributed by atoms with E-state index in [1.807, 2.05) is 13.8 Å². The van der Waals surface area contributed by atoms with Gasteiger partial charge in [0.1, 0.15) is 0 Å². The zero-order chi connectivity index (χ0) is 11.6. The summed E-state index contributed by atoms with van der Waals surface area (Å²) >= 11 is 5.73. The molecule has 2 nitrogen and oxygen atoms in total. The third kappa shape index (κ3) is 3.36. The van der Waals surface area contributed by atoms with Crippen LogP contribution in [0.4, 0.5) is 4.39 Å². The van der Waals surface area contributed by atoms with Crippen LogP contribution < -0.4 is 10.5 Å². The maximum Gasteiger partial charge on any atom is 0.183 e. The van der Waals surface area contributed by atoms with Gasteiger partial charge in [-0.3, -0.25) is 0 Å². The SMILES string of the molecule is COc1cc(CC(C)(C)N)cc(Cl)c1F. The second kappa shape index (κ2) is 4.37. The van der Waals surface area contributed by atoms with Crippen molar-refractivity contribution in [2.75, 3.05) is 7.11 Å². The lowest BCUT2D eigenvalue weighted by atomic mass is 9.96. The lowest BCUT2D eigenvalue weighted by Gasteiger charge is -2.19. The van der Waals surface area contributed by atoms with Gasteiger partial charge in [-0.1, -0.05) is 11.6 Å². The highest BCUT2D eigenvalue weighted by Crippen LogP contribution is 2.27. The second-order valence-electron chi connectivity index (χ2n) is 4.26. The van der Waals surface area contributed by atoms with E-state index in [1.54, 1.807) is 12.1 Å². The van der Waals surface area contributed by atoms with Crippen LogP contribution in [0.5, 0.6) is 5.75 Å². The van der Waals surface area contributed by atoms with Crippen molar-refractivity contribution in [1.82, 2.24) is 0 Å². The summed E-state index contributed by atoms with van der Waals surface area (Å²) in [5.41, 5.74) is 6.38. The molecule has 84 valence electrons. The van der Waals surface area contributed by atoms with Crippen molar-refractivity contribution in [3.8, 4) is 5.75 Å². The van der Waals surface area contributed by atoms with Gasteiger partial charge in [-0.25, -0.2) is 4.39 Å². The minimum absolute atomic E-state index is 0.0635. The van der Waals surface area contributed by atoms with E-state index < -0.39 is 5.82 Å². The van der Waals surface area contributed by atoms with Gasteiger partial charge < -0.3 is 10.5 Å². The number of nitrogens with two attached hydrogens (primary N) is 1. The van der Waals surface area contributed by atoms with Crippen LogP contribution in [0, 0.1) is 5.82 Å². The molecule has 1 aromatic carbocycles. The summed E-state index contributed by atoms with van der Waals surface area (Å²) in [4.78, 5) is 0. The second-order valence-corrected chi connectivity index (χ2v) is 4.67. The minimum Gasteiger partial charge on any atom is -0.494 e. The van der Waals surface area contributed by atoms with E-state index in [0.717, 1.165) is 5.56 Å². The van der Waals surface area contributed by atoms with Crippen molar-refractivity contribution in [3.63, 3.8) is 0 Å². The van der Waals surface area contributed by atoms with Crippen molar-refractivity contribution < 1.29 is 9.13 Å². The van der Waals surface area contributed by atoms with Crippen molar-refractivity contribution in [2.45, 2.75) is 25.8 Å². The first-order valence-electron chi connectivity index (χ1n) is 4.64. The van der Waals surface area contributed by atoms with Crippen LogP contribution in [0.2, 0.25) is 5.02 Å². The zero-order valence-electron chi connectivity index (χ0n) is 9.10. The first-order chi connectivity index (χ1) is 6.83. The number of halogens is 2. The van der Waals surface area contributed by atoms with Crippen molar-refractivity contribution in [2.24, 2.45) is 5.73 Å². The quantitative estimate of drug-likeness (QED) is 0.868. The third-order valence-corrected chi connectivity index (χ3v) is 2.21. The largest absolute Gasteiger partial charge is 0.494 e. The first kappa shape index (κ1) is 12.3. The Morgan fingerprint density at radius 3 is 2.53 bits per heavy atom. The van der Waals surface area contributed by atoms with Gasteiger partial charge >= 0.3 is 0 Å². The summed E-state index contributed by atoms with van der Waals surface area (Å²) in [6, 6.07) is 3.20. The molecule has 15 heavy (non-hydrogen) atoms. The van der Waals surface area contributed by atoms with E-state index in [2.05, 4.69) is 0 Å². The number of rotatable bonds is 3. The predicted octanol–water partition coefficient (Wildman–Crippen LogP) is 2.77. The maximum atomic E-state index is 13.3. The molecule has 0 aromatic heterocycles. The average Bonchev–Trinajstić information content (AvgIpc) is 2.08. The van der Waals surface area contributed by atoms with E-state index in [9.17, 15) is 4.39 Å². The Bertz CT molecular complexity index is 360. The Morgan fingerprint density at radius 2 is 2.07 bits per heavy atom. The molecule has 4 heteroatoms. The van der Waals surface area contributed by atoms with Gasteiger partial charge in [0, 0.05) is 5.54 Å². The van der Waals surface area contributed by atoms with Crippen LogP contribution >= 0.6 is 11.6 Å². The molecule has 0 unspecified atom stereocenters. The molecule has 2 N–H and O–H groups in total. The molecule has 0 amide bonds. The Morgan fingerprint density at radius 1 is 1.47 bits per heavy atom. The molecular formula is C11H15ClFNO. The maximum absolute atomic E-state index is 13.3. The van der Waals surface area contributed by atoms with E-state index >= 15 is 0 Å². The standard InChI is InChI=1S/C11H15ClFNO/c1-11(2,14)6-7-4-8(12)10(13)9(5-7)15-3/h4-5H,6,14H2,1-3H3. The lowest BCUT2D eigenvalue weighted by Crippen LogP contribution is -2.34. The van der Waals surface area contributed by atoms with Crippen molar-refractivity contribution >= 4 is 11.6 Å². The molecule has 0 saturated carbocycles. The normalized spacial score (nSPS) is 11.6. The number of ether oxygens (including phenoxy) is 1. The van der Waals surface area contributed by atoms with Crippen LogP contribution in [0.3, 0.4) is 0 Å². The molecule has 0 aliphatic rings. The monoisotopic (exact) mass is 231 g/mol. The van der Waals surface area contributed by atoms with Gasteiger partial charge in [0.05, 0.1) is 12.1 Å². The molecule has 0 saturated heterocycles. The number of hydrogen-bond acceptors (Lipinski definition) is 2. The molecule has 1 aromatic rings. The summed E-state index contributed by atoms with van der Waals surface area (Å²) in [5, 5.41) is 0.0635. The number of hydrogen-bond donors (Lipinski definition) is 1. The lowest BCUT2D eigenvalue weighted by molar-refractivity contribution is 0.385. The van der Waals surface area contributed by atoms with Crippen LogP contribution in [-0.4, -0.2) is 12.6 Å².